The third-order valence-electron chi connectivity index (χ3n) is 4.62. The van der Waals surface area contributed by atoms with Crippen molar-refractivity contribution < 1.29 is 4.79 Å². The first-order chi connectivity index (χ1) is 13.7. The normalized spacial score (nSPS) is 12.2. The van der Waals surface area contributed by atoms with Gasteiger partial charge in [0.1, 0.15) is 0 Å². The van der Waals surface area contributed by atoms with Crippen LogP contribution in [0.4, 0.5) is 0 Å². The number of carbonyl (C=O) groups excluding carboxylic acids is 1. The molecule has 4 rings (SSSR count). The number of hydrogen-bond donors (Lipinski definition) is 1. The fraction of sp³-hybridized carbons (Fsp3) is 0.238. The summed E-state index contributed by atoms with van der Waals surface area (Å²) in [4.78, 5) is 21.8. The fourth-order valence-electron chi connectivity index (χ4n) is 3.11. The molecule has 6 nitrogen and oxygen atoms in total. The molecule has 4 aromatic rings. The molecule has 0 bridgehead atoms. The van der Waals surface area contributed by atoms with Gasteiger partial charge in [0, 0.05) is 18.7 Å². The summed E-state index contributed by atoms with van der Waals surface area (Å²) in [6.45, 7) is 4.61. The number of fused-ring (bicyclic) bond motifs is 1. The molecule has 3 heterocycles. The van der Waals surface area contributed by atoms with Crippen molar-refractivity contribution in [1.29, 1.82) is 0 Å². The quantitative estimate of drug-likeness (QED) is 0.540. The Hall–Kier alpha value is -3.06. The van der Waals surface area contributed by atoms with Crippen molar-refractivity contribution in [1.82, 2.24) is 25.1 Å². The lowest BCUT2D eigenvalue weighted by atomic mass is 10.1. The van der Waals surface area contributed by atoms with E-state index in [4.69, 9.17) is 0 Å². The smallest absolute Gasteiger partial charge is 0.254 e. The highest BCUT2D eigenvalue weighted by atomic mass is 32.1. The van der Waals surface area contributed by atoms with E-state index in [-0.39, 0.29) is 11.8 Å². The molecule has 1 aromatic carbocycles. The minimum absolute atomic E-state index is 0.119. The predicted molar refractivity (Wildman–Crippen MR) is 111 cm³/mol. The molecule has 1 atom stereocenters. The van der Waals surface area contributed by atoms with E-state index in [1.807, 2.05) is 43.3 Å². The third kappa shape index (κ3) is 3.53. The number of para-hydroxylation sites is 1. The van der Waals surface area contributed by atoms with Gasteiger partial charge in [0.05, 0.1) is 32.7 Å². The van der Waals surface area contributed by atoms with Crippen LogP contribution in [0.15, 0.2) is 54.9 Å². The summed E-state index contributed by atoms with van der Waals surface area (Å²) < 4.78 is 2.90. The van der Waals surface area contributed by atoms with Crippen molar-refractivity contribution in [3.8, 4) is 5.82 Å². The minimum Gasteiger partial charge on any atom is -0.351 e. The Morgan fingerprint density at radius 2 is 2.04 bits per heavy atom. The van der Waals surface area contributed by atoms with Gasteiger partial charge < -0.3 is 5.32 Å². The number of pyridine rings is 1. The first-order valence-electron chi connectivity index (χ1n) is 9.29. The number of nitrogens with zero attached hydrogens (tertiary/aromatic N) is 4. The van der Waals surface area contributed by atoms with E-state index in [0.29, 0.717) is 24.3 Å². The zero-order valence-corrected chi connectivity index (χ0v) is 16.6. The molecule has 0 fully saturated rings. The van der Waals surface area contributed by atoms with Gasteiger partial charge in [0.2, 0.25) is 0 Å². The third-order valence-corrected chi connectivity index (χ3v) is 5.88. The lowest BCUT2D eigenvalue weighted by molar-refractivity contribution is 0.0950. The number of carbonyl (C=O) groups is 1. The summed E-state index contributed by atoms with van der Waals surface area (Å²) in [5.41, 5.74) is 2.44. The second-order valence-electron chi connectivity index (χ2n) is 6.59. The van der Waals surface area contributed by atoms with Crippen LogP contribution >= 0.6 is 11.3 Å². The Morgan fingerprint density at radius 1 is 1.21 bits per heavy atom. The molecule has 7 heteroatoms. The Balaban J connectivity index is 1.48. The lowest BCUT2D eigenvalue weighted by Gasteiger charge is -2.11. The molecule has 3 aromatic heterocycles. The van der Waals surface area contributed by atoms with E-state index >= 15 is 0 Å². The van der Waals surface area contributed by atoms with Crippen LogP contribution in [0, 0.1) is 0 Å². The average molecular weight is 392 g/mol. The van der Waals surface area contributed by atoms with Crippen molar-refractivity contribution in [2.45, 2.75) is 26.2 Å². The molecule has 0 saturated heterocycles. The zero-order chi connectivity index (χ0) is 19.5. The van der Waals surface area contributed by atoms with Crippen LogP contribution in [0.3, 0.4) is 0 Å². The maximum Gasteiger partial charge on any atom is 0.254 e. The molecule has 0 radical (unpaired) electrons. The van der Waals surface area contributed by atoms with Gasteiger partial charge in [-0.25, -0.2) is 14.6 Å². The van der Waals surface area contributed by atoms with Crippen molar-refractivity contribution in [3.05, 3.63) is 71.1 Å². The van der Waals surface area contributed by atoms with Crippen LogP contribution in [0.2, 0.25) is 0 Å². The summed E-state index contributed by atoms with van der Waals surface area (Å²) in [6.07, 6.45) is 4.02. The highest BCUT2D eigenvalue weighted by molar-refractivity contribution is 7.18. The van der Waals surface area contributed by atoms with Crippen LogP contribution in [-0.4, -0.2) is 32.2 Å². The van der Waals surface area contributed by atoms with Gasteiger partial charge in [-0.2, -0.15) is 5.10 Å². The first kappa shape index (κ1) is 18.3. The van der Waals surface area contributed by atoms with Crippen LogP contribution in [-0.2, 0) is 6.42 Å². The van der Waals surface area contributed by atoms with Crippen LogP contribution in [0.25, 0.3) is 16.0 Å². The SMILES string of the molecule is CCc1c(C(=O)NCC(C)c2nc3ccccc3s2)cnn1-c1ccccn1. The summed E-state index contributed by atoms with van der Waals surface area (Å²) >= 11 is 1.67. The molecular weight excluding hydrogens is 370 g/mol. The van der Waals surface area contributed by atoms with E-state index in [1.165, 1.54) is 4.70 Å². The summed E-state index contributed by atoms with van der Waals surface area (Å²) in [6, 6.07) is 13.7. The van der Waals surface area contributed by atoms with E-state index in [0.717, 1.165) is 16.2 Å². The van der Waals surface area contributed by atoms with Gasteiger partial charge >= 0.3 is 0 Å². The van der Waals surface area contributed by atoms with Crippen LogP contribution < -0.4 is 5.32 Å². The number of hydrogen-bond acceptors (Lipinski definition) is 5. The predicted octanol–water partition coefficient (Wildman–Crippen LogP) is 3.97. The summed E-state index contributed by atoms with van der Waals surface area (Å²) in [5.74, 6) is 0.727. The van der Waals surface area contributed by atoms with E-state index in [9.17, 15) is 4.79 Å². The molecule has 1 unspecified atom stereocenters. The number of rotatable bonds is 6. The zero-order valence-electron chi connectivity index (χ0n) is 15.8. The first-order valence-corrected chi connectivity index (χ1v) is 10.1. The molecule has 1 N–H and O–H groups in total. The van der Waals surface area contributed by atoms with Gasteiger partial charge in [-0.15, -0.1) is 11.3 Å². The topological polar surface area (TPSA) is 72.7 Å². The van der Waals surface area contributed by atoms with E-state index < -0.39 is 0 Å². The summed E-state index contributed by atoms with van der Waals surface area (Å²) in [7, 11) is 0. The van der Waals surface area contributed by atoms with Crippen molar-refractivity contribution in [3.63, 3.8) is 0 Å². The molecule has 1 amide bonds. The van der Waals surface area contributed by atoms with Gasteiger partial charge in [0.15, 0.2) is 5.82 Å². The minimum atomic E-state index is -0.119. The second-order valence-corrected chi connectivity index (χ2v) is 7.65. The monoisotopic (exact) mass is 391 g/mol. The summed E-state index contributed by atoms with van der Waals surface area (Å²) in [5, 5.41) is 8.44. The van der Waals surface area contributed by atoms with Gasteiger partial charge in [-0.1, -0.05) is 32.0 Å². The standard InChI is InChI=1S/C21H21N5OS/c1-3-17-15(13-24-26(17)19-10-6-7-11-22-19)20(27)23-12-14(2)21-25-16-8-4-5-9-18(16)28-21/h4-11,13-14H,3,12H2,1-2H3,(H,23,27). The van der Waals surface area contributed by atoms with E-state index in [1.54, 1.807) is 28.4 Å². The second kappa shape index (κ2) is 7.90. The molecule has 28 heavy (non-hydrogen) atoms. The Morgan fingerprint density at radius 3 is 2.79 bits per heavy atom. The highest BCUT2D eigenvalue weighted by Gasteiger charge is 2.19. The number of benzene rings is 1. The van der Waals surface area contributed by atoms with Gasteiger partial charge in [-0.05, 0) is 30.7 Å². The maximum absolute atomic E-state index is 12.8. The van der Waals surface area contributed by atoms with Crippen molar-refractivity contribution in [2.75, 3.05) is 6.54 Å². The van der Waals surface area contributed by atoms with Crippen molar-refractivity contribution >= 4 is 27.5 Å². The molecule has 0 aliphatic carbocycles. The fourth-order valence-corrected chi connectivity index (χ4v) is 4.13. The molecule has 0 aliphatic rings. The largest absolute Gasteiger partial charge is 0.351 e. The van der Waals surface area contributed by atoms with Gasteiger partial charge in [0.25, 0.3) is 5.91 Å². The molecule has 0 aliphatic heterocycles. The van der Waals surface area contributed by atoms with Crippen LogP contribution in [0.5, 0.6) is 0 Å². The van der Waals surface area contributed by atoms with Crippen molar-refractivity contribution in [2.24, 2.45) is 0 Å². The lowest BCUT2D eigenvalue weighted by Crippen LogP contribution is -2.28. The number of aromatic nitrogens is 4. The molecule has 142 valence electrons. The number of thiazole rings is 1. The van der Waals surface area contributed by atoms with Gasteiger partial charge in [-0.3, -0.25) is 4.79 Å². The van der Waals surface area contributed by atoms with Crippen LogP contribution in [0.1, 0.15) is 40.8 Å². The average Bonchev–Trinajstić information content (AvgIpc) is 3.36. The molecule has 0 saturated carbocycles. The Bertz CT molecular complexity index is 1070. The Kier molecular flexibility index (Phi) is 5.16. The molecule has 0 spiro atoms. The Labute approximate surface area is 167 Å². The molecular formula is C21H21N5OS. The van der Waals surface area contributed by atoms with E-state index in [2.05, 4.69) is 33.4 Å². The number of nitrogens with one attached hydrogen (secondary N) is 1. The highest BCUT2D eigenvalue weighted by Crippen LogP contribution is 2.27. The number of amides is 1. The maximum atomic E-state index is 12.8.